The van der Waals surface area contributed by atoms with E-state index >= 15 is 0 Å². The van der Waals surface area contributed by atoms with E-state index in [1.54, 1.807) is 36.4 Å². The molecule has 1 aliphatic rings. The molecule has 0 heterocycles. The molecule has 1 N–H and O–H groups in total. The van der Waals surface area contributed by atoms with Gasteiger partial charge in [-0.05, 0) is 68.0 Å². The van der Waals surface area contributed by atoms with Crippen molar-refractivity contribution in [3.8, 4) is 5.75 Å². The summed E-state index contributed by atoms with van der Waals surface area (Å²) in [5, 5.41) is 2.97. The number of nitrogens with one attached hydrogen (secondary N) is 1. The van der Waals surface area contributed by atoms with Gasteiger partial charge >= 0.3 is 0 Å². The number of carbonyl (C=O) groups is 1. The maximum atomic E-state index is 12.5. The minimum atomic E-state index is -3.55. The Morgan fingerprint density at radius 3 is 2.48 bits per heavy atom. The summed E-state index contributed by atoms with van der Waals surface area (Å²) in [6.07, 6.45) is 7.92. The third kappa shape index (κ3) is 6.10. The van der Waals surface area contributed by atoms with E-state index in [-0.39, 0.29) is 12.5 Å². The Balaban J connectivity index is 1.74. The molecular formula is C24H30N2O4S. The molecule has 0 radical (unpaired) electrons. The number of carbonyl (C=O) groups excluding carboxylic acids is 1. The summed E-state index contributed by atoms with van der Waals surface area (Å²) in [7, 11) is -2.03. The molecule has 6 nitrogen and oxygen atoms in total. The lowest BCUT2D eigenvalue weighted by atomic mass is 9.99. The van der Waals surface area contributed by atoms with Crippen molar-refractivity contribution in [2.45, 2.75) is 39.2 Å². The summed E-state index contributed by atoms with van der Waals surface area (Å²) >= 11 is 0. The zero-order chi connectivity index (χ0) is 22.4. The molecule has 0 spiro atoms. The average molecular weight is 443 g/mol. The third-order valence-corrected chi connectivity index (χ3v) is 6.53. The highest BCUT2D eigenvalue weighted by molar-refractivity contribution is 7.92. The number of anilines is 1. The number of allylic oxidation sites excluding steroid dienone is 1. The van der Waals surface area contributed by atoms with E-state index in [0.29, 0.717) is 23.5 Å². The van der Waals surface area contributed by atoms with Gasteiger partial charge in [0.05, 0.1) is 25.6 Å². The second-order valence-electron chi connectivity index (χ2n) is 7.93. The van der Waals surface area contributed by atoms with Crippen LogP contribution in [0.4, 0.5) is 5.69 Å². The molecule has 2 aromatic carbocycles. The fraction of sp³-hybridized carbons (Fsp3) is 0.375. The summed E-state index contributed by atoms with van der Waals surface area (Å²) in [6, 6.07) is 12.5. The Morgan fingerprint density at radius 1 is 1.13 bits per heavy atom. The van der Waals surface area contributed by atoms with Gasteiger partial charge < -0.3 is 10.1 Å². The number of hydrogen-bond donors (Lipinski definition) is 1. The van der Waals surface area contributed by atoms with Gasteiger partial charge in [-0.1, -0.05) is 29.8 Å². The monoisotopic (exact) mass is 442 g/mol. The van der Waals surface area contributed by atoms with Crippen molar-refractivity contribution >= 4 is 21.6 Å². The number of methoxy groups -OCH3 is 1. The Kier molecular flexibility index (Phi) is 7.38. The highest BCUT2D eigenvalue weighted by Gasteiger charge is 2.22. The lowest BCUT2D eigenvalue weighted by Gasteiger charge is -2.25. The van der Waals surface area contributed by atoms with E-state index in [9.17, 15) is 13.2 Å². The van der Waals surface area contributed by atoms with Crippen LogP contribution in [-0.2, 0) is 16.6 Å². The Hall–Kier alpha value is -2.80. The third-order valence-electron chi connectivity index (χ3n) is 5.41. The van der Waals surface area contributed by atoms with E-state index in [2.05, 4.69) is 11.4 Å². The predicted octanol–water partition coefficient (Wildman–Crippen LogP) is 4.20. The van der Waals surface area contributed by atoms with Gasteiger partial charge in [-0.2, -0.15) is 0 Å². The van der Waals surface area contributed by atoms with Crippen LogP contribution in [0.1, 0.15) is 47.2 Å². The molecule has 0 unspecified atom stereocenters. The molecular weight excluding hydrogens is 412 g/mol. The molecule has 1 amide bonds. The number of nitrogens with zero attached hydrogens (tertiary/aromatic N) is 1. The second-order valence-corrected chi connectivity index (χ2v) is 9.84. The summed E-state index contributed by atoms with van der Waals surface area (Å²) in [6.45, 7) is 2.63. The summed E-state index contributed by atoms with van der Waals surface area (Å²) < 4.78 is 31.8. The number of amides is 1. The van der Waals surface area contributed by atoms with Gasteiger partial charge in [0.25, 0.3) is 5.91 Å². The quantitative estimate of drug-likeness (QED) is 0.622. The normalized spacial score (nSPS) is 14.0. The molecule has 0 saturated heterocycles. The number of benzene rings is 2. The minimum absolute atomic E-state index is 0.127. The topological polar surface area (TPSA) is 75.7 Å². The number of sulfonamides is 1. The smallest absolute Gasteiger partial charge is 0.251 e. The van der Waals surface area contributed by atoms with Gasteiger partial charge in [-0.25, -0.2) is 8.42 Å². The lowest BCUT2D eigenvalue weighted by molar-refractivity contribution is 0.0956. The SMILES string of the molecule is COc1ccc(C)cc1N(Cc1ccc(C(=O)NCC2=CCCCC2)cc1)S(C)(=O)=O. The molecule has 0 aromatic heterocycles. The fourth-order valence-corrected chi connectivity index (χ4v) is 4.55. The molecule has 0 bridgehead atoms. The first-order chi connectivity index (χ1) is 14.8. The van der Waals surface area contributed by atoms with Crippen LogP contribution >= 0.6 is 0 Å². The summed E-state index contributed by atoms with van der Waals surface area (Å²) in [5.41, 5.74) is 4.05. The van der Waals surface area contributed by atoms with Crippen molar-refractivity contribution < 1.29 is 17.9 Å². The number of aryl methyl sites for hydroxylation is 1. The first kappa shape index (κ1) is 22.9. The van der Waals surface area contributed by atoms with Crippen molar-refractivity contribution in [3.63, 3.8) is 0 Å². The zero-order valence-corrected chi connectivity index (χ0v) is 19.2. The predicted molar refractivity (Wildman–Crippen MR) is 124 cm³/mol. The van der Waals surface area contributed by atoms with Crippen molar-refractivity contribution in [3.05, 3.63) is 70.8 Å². The zero-order valence-electron chi connectivity index (χ0n) is 18.3. The molecule has 31 heavy (non-hydrogen) atoms. The van der Waals surface area contributed by atoms with Crippen LogP contribution in [0.5, 0.6) is 5.75 Å². The molecule has 1 aliphatic carbocycles. The summed E-state index contributed by atoms with van der Waals surface area (Å²) in [4.78, 5) is 12.5. The van der Waals surface area contributed by atoms with Crippen LogP contribution in [0.3, 0.4) is 0 Å². The van der Waals surface area contributed by atoms with Gasteiger partial charge in [-0.3, -0.25) is 9.10 Å². The number of hydrogen-bond acceptors (Lipinski definition) is 4. The minimum Gasteiger partial charge on any atom is -0.495 e. The van der Waals surface area contributed by atoms with E-state index in [1.807, 2.05) is 13.0 Å². The van der Waals surface area contributed by atoms with Crippen LogP contribution in [-0.4, -0.2) is 34.2 Å². The maximum Gasteiger partial charge on any atom is 0.251 e. The number of rotatable bonds is 8. The number of ether oxygens (including phenoxy) is 1. The van der Waals surface area contributed by atoms with Gasteiger partial charge in [0.1, 0.15) is 5.75 Å². The van der Waals surface area contributed by atoms with Crippen molar-refractivity contribution in [2.24, 2.45) is 0 Å². The van der Waals surface area contributed by atoms with Crippen molar-refractivity contribution in [1.29, 1.82) is 0 Å². The van der Waals surface area contributed by atoms with E-state index < -0.39 is 10.0 Å². The van der Waals surface area contributed by atoms with Gasteiger partial charge in [0.2, 0.25) is 10.0 Å². The molecule has 3 rings (SSSR count). The lowest BCUT2D eigenvalue weighted by Crippen LogP contribution is -2.30. The highest BCUT2D eigenvalue weighted by atomic mass is 32.2. The largest absolute Gasteiger partial charge is 0.495 e. The Bertz CT molecular complexity index is 1060. The van der Waals surface area contributed by atoms with Crippen LogP contribution < -0.4 is 14.4 Å². The van der Waals surface area contributed by atoms with Crippen LogP contribution in [0.2, 0.25) is 0 Å². The molecule has 0 aliphatic heterocycles. The van der Waals surface area contributed by atoms with Gasteiger partial charge in [0, 0.05) is 12.1 Å². The Morgan fingerprint density at radius 2 is 1.87 bits per heavy atom. The van der Waals surface area contributed by atoms with E-state index in [4.69, 9.17) is 4.74 Å². The fourth-order valence-electron chi connectivity index (χ4n) is 3.66. The van der Waals surface area contributed by atoms with Crippen molar-refractivity contribution in [1.82, 2.24) is 5.32 Å². The summed E-state index contributed by atoms with van der Waals surface area (Å²) in [5.74, 6) is 0.363. The van der Waals surface area contributed by atoms with E-state index in [1.165, 1.54) is 36.1 Å². The van der Waals surface area contributed by atoms with E-state index in [0.717, 1.165) is 24.0 Å². The van der Waals surface area contributed by atoms with Crippen molar-refractivity contribution in [2.75, 3.05) is 24.2 Å². The molecule has 0 saturated carbocycles. The highest BCUT2D eigenvalue weighted by Crippen LogP contribution is 2.32. The molecule has 0 fully saturated rings. The van der Waals surface area contributed by atoms with Gasteiger partial charge in [0.15, 0.2) is 0 Å². The molecule has 7 heteroatoms. The molecule has 166 valence electrons. The second kappa shape index (κ2) is 10.0. The average Bonchev–Trinajstić information content (AvgIpc) is 2.76. The van der Waals surface area contributed by atoms with Crippen LogP contribution in [0, 0.1) is 6.92 Å². The molecule has 2 aromatic rings. The first-order valence-corrected chi connectivity index (χ1v) is 12.3. The first-order valence-electron chi connectivity index (χ1n) is 10.5. The Labute approximate surface area is 185 Å². The van der Waals surface area contributed by atoms with Crippen LogP contribution in [0.15, 0.2) is 54.1 Å². The maximum absolute atomic E-state index is 12.5. The molecule has 0 atom stereocenters. The standard InChI is InChI=1S/C24H30N2O4S/c1-18-9-14-23(30-2)22(15-18)26(31(3,28)29)17-20-10-12-21(13-11-20)24(27)25-16-19-7-5-4-6-8-19/h7,9-15H,4-6,8,16-17H2,1-3H3,(H,25,27). The van der Waals surface area contributed by atoms with Gasteiger partial charge in [-0.15, -0.1) is 0 Å². The van der Waals surface area contributed by atoms with Crippen LogP contribution in [0.25, 0.3) is 0 Å².